The second-order valence-electron chi connectivity index (χ2n) is 9.77. The monoisotopic (exact) mass is 610 g/mol. The van der Waals surface area contributed by atoms with Gasteiger partial charge in [0.15, 0.2) is 5.82 Å². The van der Waals surface area contributed by atoms with Crippen LogP contribution in [0.25, 0.3) is 10.9 Å². The number of non-ortho nitro benzene ring substituents is 1. The molecular weight excluding hydrogens is 584 g/mol. The van der Waals surface area contributed by atoms with Crippen molar-refractivity contribution in [2.24, 2.45) is 5.10 Å². The van der Waals surface area contributed by atoms with Crippen molar-refractivity contribution in [3.63, 3.8) is 0 Å². The van der Waals surface area contributed by atoms with Crippen molar-refractivity contribution in [2.45, 2.75) is 24.3 Å². The number of rotatable bonds is 10. The highest BCUT2D eigenvalue weighted by atomic mass is 32.2. The van der Waals surface area contributed by atoms with Gasteiger partial charge >= 0.3 is 0 Å². The Labute approximate surface area is 251 Å². The molecule has 12 nitrogen and oxygen atoms in total. The molecule has 0 spiro atoms. The first kappa shape index (κ1) is 29.9. The van der Waals surface area contributed by atoms with Crippen molar-refractivity contribution in [3.05, 3.63) is 141 Å². The third kappa shape index (κ3) is 6.91. The molecule has 1 amide bonds. The Morgan fingerprint density at radius 1 is 1.00 bits per heavy atom. The zero-order chi connectivity index (χ0) is 31.3. The fraction of sp³-hybridized carbons (Fsp3) is 0.0968. The number of hydrogen-bond acceptors (Lipinski definition) is 8. The summed E-state index contributed by atoms with van der Waals surface area (Å²) in [4.78, 5) is 40.5. The molecule has 5 aromatic rings. The molecule has 0 aliphatic heterocycles. The van der Waals surface area contributed by atoms with Crippen LogP contribution >= 0.6 is 0 Å². The summed E-state index contributed by atoms with van der Waals surface area (Å²) < 4.78 is 31.0. The van der Waals surface area contributed by atoms with E-state index in [0.717, 1.165) is 10.2 Å². The van der Waals surface area contributed by atoms with Crippen LogP contribution in [-0.2, 0) is 21.2 Å². The van der Waals surface area contributed by atoms with Crippen molar-refractivity contribution in [1.82, 2.24) is 14.4 Å². The number of aromatic nitrogens is 2. The van der Waals surface area contributed by atoms with Crippen LogP contribution in [0.3, 0.4) is 0 Å². The van der Waals surface area contributed by atoms with E-state index in [1.165, 1.54) is 55.6 Å². The highest BCUT2D eigenvalue weighted by Crippen LogP contribution is 2.23. The van der Waals surface area contributed by atoms with Gasteiger partial charge in [0.25, 0.3) is 11.2 Å². The van der Waals surface area contributed by atoms with E-state index in [2.05, 4.69) is 20.1 Å². The van der Waals surface area contributed by atoms with Gasteiger partial charge in [-0.05, 0) is 48.4 Å². The molecule has 0 radical (unpaired) electrons. The van der Waals surface area contributed by atoms with Crippen molar-refractivity contribution in [2.75, 3.05) is 5.32 Å². The van der Waals surface area contributed by atoms with Crippen LogP contribution in [0, 0.1) is 10.1 Å². The number of nitrogens with one attached hydrogen (secondary N) is 2. The molecule has 0 saturated carbocycles. The molecular formula is C31H26N6O6S. The largest absolute Gasteiger partial charge is 0.326 e. The van der Waals surface area contributed by atoms with E-state index in [1.54, 1.807) is 30.3 Å². The van der Waals surface area contributed by atoms with Crippen molar-refractivity contribution < 1.29 is 18.1 Å². The van der Waals surface area contributed by atoms with E-state index in [9.17, 15) is 28.1 Å². The Balaban J connectivity index is 1.63. The number of nitrogens with zero attached hydrogens (tertiary/aromatic N) is 4. The first-order chi connectivity index (χ1) is 21.1. The minimum atomic E-state index is -4.18. The highest BCUT2D eigenvalue weighted by molar-refractivity contribution is 7.89. The number of benzene rings is 4. The summed E-state index contributed by atoms with van der Waals surface area (Å²) in [6, 6.07) is 26.0. The Bertz CT molecular complexity index is 2040. The molecule has 1 atom stereocenters. The second kappa shape index (κ2) is 12.8. The number of anilines is 1. The van der Waals surface area contributed by atoms with Crippen molar-refractivity contribution in [3.8, 4) is 0 Å². The Morgan fingerprint density at radius 2 is 1.70 bits per heavy atom. The number of hydrogen-bond donors (Lipinski definition) is 2. The van der Waals surface area contributed by atoms with Crippen LogP contribution in [-0.4, -0.2) is 35.1 Å². The average Bonchev–Trinajstić information content (AvgIpc) is 3.01. The van der Waals surface area contributed by atoms with E-state index >= 15 is 0 Å². The molecule has 1 unspecified atom stereocenters. The van der Waals surface area contributed by atoms with Crippen LogP contribution in [0.4, 0.5) is 11.4 Å². The fourth-order valence-electron chi connectivity index (χ4n) is 4.53. The minimum absolute atomic E-state index is 0.0117. The van der Waals surface area contributed by atoms with Crippen molar-refractivity contribution >= 4 is 44.4 Å². The lowest BCUT2D eigenvalue weighted by atomic mass is 10.1. The van der Waals surface area contributed by atoms with Gasteiger partial charge in [0.2, 0.25) is 15.9 Å². The third-order valence-corrected chi connectivity index (χ3v) is 8.05. The number of amides is 1. The number of fused-ring (bicyclic) bond motifs is 1. The van der Waals surface area contributed by atoms with E-state index < -0.39 is 26.5 Å². The number of para-hydroxylation sites is 1. The van der Waals surface area contributed by atoms with Gasteiger partial charge in [-0.15, -0.1) is 0 Å². The number of nitro groups is 1. The summed E-state index contributed by atoms with van der Waals surface area (Å²) in [5.74, 6) is -0.287. The molecule has 13 heteroatoms. The maximum Gasteiger partial charge on any atom is 0.282 e. The lowest BCUT2D eigenvalue weighted by Gasteiger charge is -2.21. The minimum Gasteiger partial charge on any atom is -0.326 e. The zero-order valence-corrected chi connectivity index (χ0v) is 24.1. The van der Waals surface area contributed by atoms with Crippen LogP contribution in [0.2, 0.25) is 0 Å². The summed E-state index contributed by atoms with van der Waals surface area (Å²) in [5.41, 5.74) is 1.17. The van der Waals surface area contributed by atoms with Crippen molar-refractivity contribution in [1.29, 1.82) is 0 Å². The summed E-state index contributed by atoms with van der Waals surface area (Å²) >= 11 is 0. The molecule has 1 aromatic heterocycles. The smallest absolute Gasteiger partial charge is 0.282 e. The topological polar surface area (TPSA) is 166 Å². The Kier molecular flexibility index (Phi) is 8.69. The molecule has 0 saturated heterocycles. The standard InChI is InChI=1S/C31H26N6O6S/c1-21(38)33-24-14-16-26(17-15-24)44(42,43)35-29(19-22-8-3-2-4-9-22)30-34-28-13-6-5-12-27(28)31(39)36(30)32-20-23-10-7-11-25(18-23)37(40)41/h2-18,20,29,35H,19H2,1H3,(H,33,38)/b32-20+. The van der Waals surface area contributed by atoms with Gasteiger partial charge in [-0.25, -0.2) is 18.1 Å². The molecule has 2 N–H and O–H groups in total. The lowest BCUT2D eigenvalue weighted by Crippen LogP contribution is -2.35. The lowest BCUT2D eigenvalue weighted by molar-refractivity contribution is -0.384. The first-order valence-corrected chi connectivity index (χ1v) is 14.8. The molecule has 0 aliphatic rings. The number of carbonyl (C=O) groups is 1. The SMILES string of the molecule is CC(=O)Nc1ccc(S(=O)(=O)NC(Cc2ccccc2)c2nc3ccccc3c(=O)n2/N=C/c2cccc([N+](=O)[O-])c2)cc1. The molecule has 1 heterocycles. The maximum absolute atomic E-state index is 13.8. The zero-order valence-electron chi connectivity index (χ0n) is 23.3. The van der Waals surface area contributed by atoms with Gasteiger partial charge < -0.3 is 5.32 Å². The third-order valence-electron chi connectivity index (χ3n) is 6.56. The van der Waals surface area contributed by atoms with Crippen LogP contribution in [0.5, 0.6) is 0 Å². The van der Waals surface area contributed by atoms with Gasteiger partial charge in [-0.2, -0.15) is 9.78 Å². The average molecular weight is 611 g/mol. The number of sulfonamides is 1. The summed E-state index contributed by atoms with van der Waals surface area (Å²) in [7, 11) is -4.18. The van der Waals surface area contributed by atoms with Crippen LogP contribution in [0.1, 0.15) is 29.9 Å². The molecule has 0 aliphatic carbocycles. The van der Waals surface area contributed by atoms with E-state index in [0.29, 0.717) is 16.8 Å². The molecule has 0 fully saturated rings. The molecule has 222 valence electrons. The summed E-state index contributed by atoms with van der Waals surface area (Å²) in [6.45, 7) is 1.35. The van der Waals surface area contributed by atoms with Gasteiger partial charge in [0.05, 0.1) is 33.0 Å². The molecule has 4 aromatic carbocycles. The van der Waals surface area contributed by atoms with Crippen LogP contribution < -0.4 is 15.6 Å². The van der Waals surface area contributed by atoms with Gasteiger partial charge in [-0.1, -0.05) is 54.6 Å². The second-order valence-corrected chi connectivity index (χ2v) is 11.5. The fourth-order valence-corrected chi connectivity index (χ4v) is 5.73. The van der Waals surface area contributed by atoms with Gasteiger partial charge in [0.1, 0.15) is 0 Å². The van der Waals surface area contributed by atoms with Gasteiger partial charge in [-0.3, -0.25) is 19.7 Å². The Hall–Kier alpha value is -5.53. The predicted octanol–water partition coefficient (Wildman–Crippen LogP) is 4.41. The summed E-state index contributed by atoms with van der Waals surface area (Å²) in [5, 5.41) is 18.5. The van der Waals surface area contributed by atoms with E-state index in [-0.39, 0.29) is 34.1 Å². The number of nitro benzene ring substituents is 1. The number of carbonyl (C=O) groups excluding carboxylic acids is 1. The van der Waals surface area contributed by atoms with Gasteiger partial charge in [0, 0.05) is 30.3 Å². The highest BCUT2D eigenvalue weighted by Gasteiger charge is 2.27. The molecule has 5 rings (SSSR count). The maximum atomic E-state index is 13.8. The first-order valence-electron chi connectivity index (χ1n) is 13.3. The van der Waals surface area contributed by atoms with Crippen LogP contribution in [0.15, 0.2) is 118 Å². The van der Waals surface area contributed by atoms with E-state index in [4.69, 9.17) is 0 Å². The Morgan fingerprint density at radius 3 is 2.41 bits per heavy atom. The normalized spacial score (nSPS) is 12.3. The molecule has 44 heavy (non-hydrogen) atoms. The quantitative estimate of drug-likeness (QED) is 0.134. The predicted molar refractivity (Wildman–Crippen MR) is 166 cm³/mol. The molecule has 0 bridgehead atoms. The summed E-state index contributed by atoms with van der Waals surface area (Å²) in [6.07, 6.45) is 1.39. The van der Waals surface area contributed by atoms with E-state index in [1.807, 2.05) is 30.3 Å².